The summed E-state index contributed by atoms with van der Waals surface area (Å²) < 4.78 is 15.2. The number of amides is 1. The van der Waals surface area contributed by atoms with Gasteiger partial charge in [0.15, 0.2) is 11.5 Å². The maximum Gasteiger partial charge on any atom is 0.227 e. The number of aromatic amines is 2. The molecule has 1 fully saturated rings. The third kappa shape index (κ3) is 3.78. The van der Waals surface area contributed by atoms with E-state index in [-0.39, 0.29) is 11.8 Å². The van der Waals surface area contributed by atoms with E-state index in [9.17, 15) is 4.79 Å². The van der Waals surface area contributed by atoms with Crippen molar-refractivity contribution in [2.24, 2.45) is 5.92 Å². The van der Waals surface area contributed by atoms with Crippen molar-refractivity contribution in [1.82, 2.24) is 35.1 Å². The SMILES string of the molecule is O=C(Nc1cncc(-c2cc3c(-c4nc5nccc(-c6ccccn6)c5[nH]4)n[nH]c3cc2F)c1)C1CCC1. The highest BCUT2D eigenvalue weighted by atomic mass is 19.1. The number of nitrogens with zero attached hydrogens (tertiary/aromatic N) is 5. The van der Waals surface area contributed by atoms with Crippen LogP contribution in [0.15, 0.2) is 67.3 Å². The van der Waals surface area contributed by atoms with Crippen molar-refractivity contribution in [3.8, 4) is 33.9 Å². The van der Waals surface area contributed by atoms with Crippen LogP contribution >= 0.6 is 0 Å². The first-order valence-corrected chi connectivity index (χ1v) is 12.3. The summed E-state index contributed by atoms with van der Waals surface area (Å²) in [6, 6.07) is 12.4. The number of carbonyl (C=O) groups excluding carboxylic acids is 1. The molecule has 38 heavy (non-hydrogen) atoms. The number of hydrogen-bond donors (Lipinski definition) is 3. The van der Waals surface area contributed by atoms with E-state index in [1.54, 1.807) is 36.9 Å². The van der Waals surface area contributed by atoms with Crippen LogP contribution in [-0.4, -0.2) is 41.0 Å². The maximum atomic E-state index is 15.2. The summed E-state index contributed by atoms with van der Waals surface area (Å²) in [4.78, 5) is 33.5. The first-order chi connectivity index (χ1) is 18.6. The summed E-state index contributed by atoms with van der Waals surface area (Å²) in [6.45, 7) is 0. The van der Waals surface area contributed by atoms with Crippen LogP contribution in [0.4, 0.5) is 10.1 Å². The molecule has 7 rings (SSSR count). The monoisotopic (exact) mass is 504 g/mol. The number of imidazole rings is 1. The van der Waals surface area contributed by atoms with Gasteiger partial charge in [0.25, 0.3) is 0 Å². The zero-order valence-corrected chi connectivity index (χ0v) is 20.1. The standard InChI is InChI=1S/C28H21FN8O/c29-21-12-23-20(11-19(21)16-10-17(14-30-13-16)33-28(38)15-4-3-5-15)25(37-36-23)27-34-24-18(7-9-32-26(24)35-27)22-6-1-2-8-31-22/h1-2,6-15H,3-5H2,(H,33,38)(H,36,37)(H,32,34,35). The minimum Gasteiger partial charge on any atom is -0.335 e. The molecule has 1 aromatic carbocycles. The van der Waals surface area contributed by atoms with Gasteiger partial charge in [-0.3, -0.25) is 19.9 Å². The van der Waals surface area contributed by atoms with E-state index in [4.69, 9.17) is 0 Å². The van der Waals surface area contributed by atoms with Crippen molar-refractivity contribution in [2.75, 3.05) is 5.32 Å². The van der Waals surface area contributed by atoms with Crippen LogP contribution in [0, 0.1) is 11.7 Å². The zero-order chi connectivity index (χ0) is 25.6. The molecule has 0 radical (unpaired) electrons. The van der Waals surface area contributed by atoms with E-state index >= 15 is 4.39 Å². The fourth-order valence-corrected chi connectivity index (χ4v) is 4.77. The average Bonchev–Trinajstić information content (AvgIpc) is 3.51. The molecule has 9 nitrogen and oxygen atoms in total. The number of pyridine rings is 3. The van der Waals surface area contributed by atoms with Crippen molar-refractivity contribution in [2.45, 2.75) is 19.3 Å². The summed E-state index contributed by atoms with van der Waals surface area (Å²) in [5.74, 6) is 0.0866. The Morgan fingerprint density at radius 1 is 1.03 bits per heavy atom. The lowest BCUT2D eigenvalue weighted by Crippen LogP contribution is -2.28. The van der Waals surface area contributed by atoms with Crippen LogP contribution in [0.25, 0.3) is 56.0 Å². The number of nitrogens with one attached hydrogen (secondary N) is 3. The molecular weight excluding hydrogens is 483 g/mol. The Bertz CT molecular complexity index is 1820. The van der Waals surface area contributed by atoms with E-state index < -0.39 is 5.82 Å². The summed E-state index contributed by atoms with van der Waals surface area (Å²) in [6.07, 6.45) is 9.44. The summed E-state index contributed by atoms with van der Waals surface area (Å²) in [7, 11) is 0. The molecule has 5 aromatic heterocycles. The van der Waals surface area contributed by atoms with Gasteiger partial charge in [-0.2, -0.15) is 5.10 Å². The number of halogens is 1. The average molecular weight is 505 g/mol. The van der Waals surface area contributed by atoms with Gasteiger partial charge in [0.1, 0.15) is 11.5 Å². The Morgan fingerprint density at radius 2 is 1.95 bits per heavy atom. The van der Waals surface area contributed by atoms with Gasteiger partial charge < -0.3 is 10.3 Å². The third-order valence-electron chi connectivity index (χ3n) is 7.00. The molecule has 10 heteroatoms. The maximum absolute atomic E-state index is 15.2. The van der Waals surface area contributed by atoms with Gasteiger partial charge in [0, 0.05) is 52.7 Å². The quantitative estimate of drug-likeness (QED) is 0.285. The second-order valence-corrected chi connectivity index (χ2v) is 9.39. The predicted octanol–water partition coefficient (Wildman–Crippen LogP) is 5.50. The normalized spacial score (nSPS) is 13.6. The smallest absolute Gasteiger partial charge is 0.227 e. The highest BCUT2D eigenvalue weighted by molar-refractivity contribution is 5.98. The molecule has 186 valence electrons. The molecule has 1 saturated carbocycles. The molecule has 0 bridgehead atoms. The first-order valence-electron chi connectivity index (χ1n) is 12.3. The van der Waals surface area contributed by atoms with Gasteiger partial charge in [0.2, 0.25) is 5.91 Å². The molecule has 1 aliphatic rings. The summed E-state index contributed by atoms with van der Waals surface area (Å²) in [5.41, 5.74) is 5.42. The fourth-order valence-electron chi connectivity index (χ4n) is 4.77. The number of rotatable bonds is 5. The molecule has 0 aliphatic heterocycles. The van der Waals surface area contributed by atoms with Crippen LogP contribution in [0.1, 0.15) is 19.3 Å². The lowest BCUT2D eigenvalue weighted by molar-refractivity contribution is -0.122. The predicted molar refractivity (Wildman–Crippen MR) is 141 cm³/mol. The van der Waals surface area contributed by atoms with Crippen LogP contribution < -0.4 is 5.32 Å². The molecule has 1 amide bonds. The number of carbonyl (C=O) groups is 1. The van der Waals surface area contributed by atoms with E-state index in [1.165, 1.54) is 6.07 Å². The Hall–Kier alpha value is -4.99. The molecule has 0 saturated heterocycles. The van der Waals surface area contributed by atoms with Crippen LogP contribution in [0.2, 0.25) is 0 Å². The second kappa shape index (κ2) is 8.84. The van der Waals surface area contributed by atoms with Gasteiger partial charge in [-0.05, 0) is 43.2 Å². The van der Waals surface area contributed by atoms with Gasteiger partial charge in [-0.25, -0.2) is 14.4 Å². The van der Waals surface area contributed by atoms with E-state index in [0.717, 1.165) is 36.0 Å². The number of aromatic nitrogens is 7. The topological polar surface area (TPSA) is 125 Å². The van der Waals surface area contributed by atoms with E-state index in [0.29, 0.717) is 44.9 Å². The Kier molecular flexibility index (Phi) is 5.17. The van der Waals surface area contributed by atoms with Gasteiger partial charge >= 0.3 is 0 Å². The van der Waals surface area contributed by atoms with Crippen molar-refractivity contribution in [3.63, 3.8) is 0 Å². The summed E-state index contributed by atoms with van der Waals surface area (Å²) >= 11 is 0. The number of H-pyrrole nitrogens is 2. The Morgan fingerprint density at radius 3 is 2.76 bits per heavy atom. The first kappa shape index (κ1) is 22.2. The number of benzene rings is 1. The number of fused-ring (bicyclic) bond motifs is 2. The molecule has 6 aromatic rings. The van der Waals surface area contributed by atoms with Gasteiger partial charge in [-0.1, -0.05) is 12.5 Å². The van der Waals surface area contributed by atoms with E-state index in [2.05, 4.69) is 40.4 Å². The van der Waals surface area contributed by atoms with Crippen molar-refractivity contribution >= 4 is 33.7 Å². The van der Waals surface area contributed by atoms with Crippen LogP contribution in [0.3, 0.4) is 0 Å². The van der Waals surface area contributed by atoms with Crippen LogP contribution in [0.5, 0.6) is 0 Å². The molecule has 1 aliphatic carbocycles. The van der Waals surface area contributed by atoms with E-state index in [1.807, 2.05) is 24.3 Å². The molecule has 0 spiro atoms. The zero-order valence-electron chi connectivity index (χ0n) is 20.1. The van der Waals surface area contributed by atoms with Crippen molar-refractivity contribution < 1.29 is 9.18 Å². The molecule has 3 N–H and O–H groups in total. The Labute approximate surface area is 215 Å². The van der Waals surface area contributed by atoms with Gasteiger partial charge in [0.05, 0.1) is 28.6 Å². The van der Waals surface area contributed by atoms with Crippen molar-refractivity contribution in [1.29, 1.82) is 0 Å². The second-order valence-electron chi connectivity index (χ2n) is 9.39. The Balaban J connectivity index is 1.29. The van der Waals surface area contributed by atoms with Gasteiger partial charge in [-0.15, -0.1) is 0 Å². The lowest BCUT2D eigenvalue weighted by Gasteiger charge is -2.24. The third-order valence-corrected chi connectivity index (χ3v) is 7.00. The van der Waals surface area contributed by atoms with Crippen LogP contribution in [-0.2, 0) is 4.79 Å². The molecule has 0 unspecified atom stereocenters. The highest BCUT2D eigenvalue weighted by Crippen LogP contribution is 2.34. The highest BCUT2D eigenvalue weighted by Gasteiger charge is 2.25. The summed E-state index contributed by atoms with van der Waals surface area (Å²) in [5, 5.41) is 10.9. The van der Waals surface area contributed by atoms with Crippen molar-refractivity contribution in [3.05, 3.63) is 73.1 Å². The number of anilines is 1. The molecule has 0 atom stereocenters. The largest absolute Gasteiger partial charge is 0.335 e. The molecular formula is C28H21FN8O. The number of hydrogen-bond acceptors (Lipinski definition) is 6. The lowest BCUT2D eigenvalue weighted by atomic mass is 9.85. The minimum absolute atomic E-state index is 0.0215. The molecule has 5 heterocycles. The fraction of sp³-hybridized carbons (Fsp3) is 0.143. The minimum atomic E-state index is -0.430.